The van der Waals surface area contributed by atoms with E-state index in [0.29, 0.717) is 15.2 Å². The second-order valence-electron chi connectivity index (χ2n) is 5.15. The fraction of sp³-hybridized carbons (Fsp3) is 0.235. The van der Waals surface area contributed by atoms with E-state index in [-0.39, 0.29) is 0 Å². The molecule has 2 aromatic carbocycles. The van der Waals surface area contributed by atoms with Gasteiger partial charge in [-0.3, -0.25) is 0 Å². The maximum atomic E-state index is 6.01. The monoisotopic (exact) mass is 462 g/mol. The van der Waals surface area contributed by atoms with Gasteiger partial charge in [0.15, 0.2) is 5.11 Å². The van der Waals surface area contributed by atoms with Crippen molar-refractivity contribution in [1.29, 1.82) is 0 Å². The summed E-state index contributed by atoms with van der Waals surface area (Å²) in [5.41, 5.74) is 3.32. The lowest BCUT2D eigenvalue weighted by molar-refractivity contribution is 0.989. The van der Waals surface area contributed by atoms with Gasteiger partial charge in [-0.25, -0.2) is 0 Å². The Kier molecular flexibility index (Phi) is 8.17. The molecule has 0 aromatic heterocycles. The second kappa shape index (κ2) is 9.88. The molecule has 0 fully saturated rings. The van der Waals surface area contributed by atoms with E-state index in [1.54, 1.807) is 0 Å². The maximum Gasteiger partial charge on any atom is 0.170 e. The van der Waals surface area contributed by atoms with Crippen molar-refractivity contribution < 1.29 is 0 Å². The van der Waals surface area contributed by atoms with Crippen LogP contribution in [-0.2, 0) is 5.75 Å². The molecule has 2 nitrogen and oxygen atoms in total. The summed E-state index contributed by atoms with van der Waals surface area (Å²) in [4.78, 5) is 0. The summed E-state index contributed by atoms with van der Waals surface area (Å²) in [5.74, 6) is 1.84. The van der Waals surface area contributed by atoms with Gasteiger partial charge in [-0.2, -0.15) is 11.8 Å². The van der Waals surface area contributed by atoms with Crippen LogP contribution in [0, 0.1) is 6.92 Å². The number of halogens is 3. The van der Waals surface area contributed by atoms with E-state index in [2.05, 4.69) is 32.6 Å². The van der Waals surface area contributed by atoms with E-state index in [1.165, 1.54) is 11.1 Å². The Bertz CT molecular complexity index is 726. The lowest BCUT2D eigenvalue weighted by Crippen LogP contribution is -2.30. The van der Waals surface area contributed by atoms with Gasteiger partial charge in [-0.1, -0.05) is 45.2 Å². The van der Waals surface area contributed by atoms with Gasteiger partial charge in [0, 0.05) is 28.2 Å². The summed E-state index contributed by atoms with van der Waals surface area (Å²) in [6.07, 6.45) is 0. The highest BCUT2D eigenvalue weighted by atomic mass is 79.9. The second-order valence-corrected chi connectivity index (χ2v) is 8.33. The van der Waals surface area contributed by atoms with Crippen LogP contribution >= 0.6 is 63.1 Å². The van der Waals surface area contributed by atoms with E-state index >= 15 is 0 Å². The largest absolute Gasteiger partial charge is 0.362 e. The molecule has 2 rings (SSSR count). The first kappa shape index (κ1) is 19.9. The summed E-state index contributed by atoms with van der Waals surface area (Å²) >= 11 is 22.5. The third-order valence-electron chi connectivity index (χ3n) is 3.20. The van der Waals surface area contributed by atoms with Crippen LogP contribution < -0.4 is 10.6 Å². The van der Waals surface area contributed by atoms with Crippen LogP contribution in [0.15, 0.2) is 40.9 Å². The topological polar surface area (TPSA) is 24.1 Å². The predicted molar refractivity (Wildman–Crippen MR) is 116 cm³/mol. The zero-order valence-corrected chi connectivity index (χ0v) is 17.8. The summed E-state index contributed by atoms with van der Waals surface area (Å²) in [7, 11) is 0. The molecular weight excluding hydrogens is 447 g/mol. The fourth-order valence-corrected chi connectivity index (χ4v) is 3.55. The van der Waals surface area contributed by atoms with Gasteiger partial charge in [0.1, 0.15) is 0 Å². The molecule has 24 heavy (non-hydrogen) atoms. The average molecular weight is 464 g/mol. The van der Waals surface area contributed by atoms with Gasteiger partial charge >= 0.3 is 0 Å². The van der Waals surface area contributed by atoms with Gasteiger partial charge in [-0.05, 0) is 60.6 Å². The van der Waals surface area contributed by atoms with Crippen LogP contribution in [0.25, 0.3) is 0 Å². The first-order valence-corrected chi connectivity index (χ1v) is 10.4. The molecule has 0 unspecified atom stereocenters. The SMILES string of the molecule is Cc1cc(NC(=S)NCCSCc2ccc(Cl)c(Cl)c2)ccc1Br. The van der Waals surface area contributed by atoms with Crippen molar-refractivity contribution in [2.45, 2.75) is 12.7 Å². The zero-order valence-electron chi connectivity index (χ0n) is 13.0. The highest BCUT2D eigenvalue weighted by Gasteiger charge is 2.02. The first-order chi connectivity index (χ1) is 11.5. The van der Waals surface area contributed by atoms with Crippen molar-refractivity contribution in [1.82, 2.24) is 5.32 Å². The molecule has 128 valence electrons. The molecule has 0 heterocycles. The van der Waals surface area contributed by atoms with Crippen LogP contribution in [0.4, 0.5) is 5.69 Å². The van der Waals surface area contributed by atoms with E-state index in [0.717, 1.165) is 28.2 Å². The Morgan fingerprint density at radius 1 is 1.17 bits per heavy atom. The fourth-order valence-electron chi connectivity index (χ4n) is 1.95. The molecule has 0 spiro atoms. The molecule has 0 saturated carbocycles. The van der Waals surface area contributed by atoms with Gasteiger partial charge in [-0.15, -0.1) is 0 Å². The number of nitrogens with one attached hydrogen (secondary N) is 2. The minimum atomic E-state index is 0.590. The highest BCUT2D eigenvalue weighted by molar-refractivity contribution is 9.10. The van der Waals surface area contributed by atoms with E-state index < -0.39 is 0 Å². The summed E-state index contributed by atoms with van der Waals surface area (Å²) < 4.78 is 1.09. The van der Waals surface area contributed by atoms with E-state index in [9.17, 15) is 0 Å². The lowest BCUT2D eigenvalue weighted by atomic mass is 10.2. The van der Waals surface area contributed by atoms with E-state index in [1.807, 2.05) is 49.0 Å². The molecular formula is C17H17BrCl2N2S2. The number of thiocarbonyl (C=S) groups is 1. The molecule has 2 aromatic rings. The standard InChI is InChI=1S/C17H17BrCl2N2S2/c1-11-8-13(3-4-14(11)18)22-17(23)21-6-7-24-10-12-2-5-15(19)16(20)9-12/h2-5,8-9H,6-7,10H2,1H3,(H2,21,22,23). The summed E-state index contributed by atoms with van der Waals surface area (Å²) in [6.45, 7) is 2.85. The van der Waals surface area contributed by atoms with Crippen LogP contribution in [0.2, 0.25) is 10.0 Å². The molecule has 0 bridgehead atoms. The Balaban J connectivity index is 1.67. The van der Waals surface area contributed by atoms with Crippen LogP contribution in [0.3, 0.4) is 0 Å². The van der Waals surface area contributed by atoms with Crippen LogP contribution in [0.5, 0.6) is 0 Å². The number of thioether (sulfide) groups is 1. The third kappa shape index (κ3) is 6.45. The van der Waals surface area contributed by atoms with Gasteiger partial charge in [0.05, 0.1) is 10.0 Å². The minimum Gasteiger partial charge on any atom is -0.362 e. The van der Waals surface area contributed by atoms with Crippen molar-refractivity contribution in [2.24, 2.45) is 0 Å². The average Bonchev–Trinajstić information content (AvgIpc) is 2.54. The lowest BCUT2D eigenvalue weighted by Gasteiger charge is -2.11. The quantitative estimate of drug-likeness (QED) is 0.388. The number of benzene rings is 2. The molecule has 0 aliphatic heterocycles. The number of hydrogen-bond acceptors (Lipinski definition) is 2. The van der Waals surface area contributed by atoms with Gasteiger partial charge < -0.3 is 10.6 Å². The Morgan fingerprint density at radius 3 is 2.67 bits per heavy atom. The molecule has 0 saturated heterocycles. The molecule has 2 N–H and O–H groups in total. The molecule has 0 aliphatic rings. The molecule has 7 heteroatoms. The molecule has 0 aliphatic carbocycles. The highest BCUT2D eigenvalue weighted by Crippen LogP contribution is 2.24. The number of anilines is 1. The smallest absolute Gasteiger partial charge is 0.170 e. The third-order valence-corrected chi connectivity index (χ3v) is 6.11. The van der Waals surface area contributed by atoms with Gasteiger partial charge in [0.2, 0.25) is 0 Å². The van der Waals surface area contributed by atoms with Crippen molar-refractivity contribution in [3.8, 4) is 0 Å². The summed E-state index contributed by atoms with van der Waals surface area (Å²) in [6, 6.07) is 11.8. The van der Waals surface area contributed by atoms with Crippen LogP contribution in [0.1, 0.15) is 11.1 Å². The Hall–Kier alpha value is -0.460. The Labute approximate surface area is 170 Å². The van der Waals surface area contributed by atoms with Crippen molar-refractivity contribution in [3.05, 3.63) is 62.0 Å². The normalized spacial score (nSPS) is 10.5. The number of aryl methyl sites for hydroxylation is 1. The van der Waals surface area contributed by atoms with E-state index in [4.69, 9.17) is 35.4 Å². The Morgan fingerprint density at radius 2 is 1.96 bits per heavy atom. The van der Waals surface area contributed by atoms with Crippen LogP contribution in [-0.4, -0.2) is 17.4 Å². The minimum absolute atomic E-state index is 0.590. The van der Waals surface area contributed by atoms with Gasteiger partial charge in [0.25, 0.3) is 0 Å². The zero-order chi connectivity index (χ0) is 17.5. The number of rotatable bonds is 6. The van der Waals surface area contributed by atoms with Crippen molar-refractivity contribution in [2.75, 3.05) is 17.6 Å². The number of hydrogen-bond donors (Lipinski definition) is 2. The molecule has 0 amide bonds. The maximum absolute atomic E-state index is 6.01. The van der Waals surface area contributed by atoms with Crippen molar-refractivity contribution in [3.63, 3.8) is 0 Å². The first-order valence-electron chi connectivity index (χ1n) is 7.28. The molecule has 0 atom stereocenters. The predicted octanol–water partition coefficient (Wildman–Crippen LogP) is 6.28. The summed E-state index contributed by atoms with van der Waals surface area (Å²) in [5, 5.41) is 8.22. The van der Waals surface area contributed by atoms with Crippen molar-refractivity contribution >= 4 is 73.9 Å². The molecule has 0 radical (unpaired) electrons.